The maximum atomic E-state index is 5.96. The number of nitrogens with zero attached hydrogens (tertiary/aromatic N) is 1. The Balaban J connectivity index is 2.12. The molecule has 0 aliphatic rings. The molecule has 0 unspecified atom stereocenters. The Morgan fingerprint density at radius 2 is 1.79 bits per heavy atom. The maximum Gasteiger partial charge on any atom is 0.0951 e. The summed E-state index contributed by atoms with van der Waals surface area (Å²) in [6.07, 6.45) is 1.78. The van der Waals surface area contributed by atoms with Gasteiger partial charge in [0.25, 0.3) is 0 Å². The molecule has 3 heteroatoms. The fourth-order valence-electron chi connectivity index (χ4n) is 2.17. The largest absolute Gasteiger partial charge is 0.397 e. The first-order valence-corrected chi connectivity index (χ1v) is 6.21. The Morgan fingerprint density at radius 1 is 0.947 bits per heavy atom. The lowest BCUT2D eigenvalue weighted by atomic mass is 10.1. The van der Waals surface area contributed by atoms with Gasteiger partial charge in [0.1, 0.15) is 0 Å². The van der Waals surface area contributed by atoms with Crippen LogP contribution < -0.4 is 11.1 Å². The highest BCUT2D eigenvalue weighted by Crippen LogP contribution is 2.28. The van der Waals surface area contributed by atoms with Crippen molar-refractivity contribution in [1.29, 1.82) is 0 Å². The molecule has 3 rings (SSSR count). The zero-order chi connectivity index (χ0) is 13.2. The van der Waals surface area contributed by atoms with Crippen LogP contribution in [0.1, 0.15) is 5.56 Å². The van der Waals surface area contributed by atoms with Gasteiger partial charge in [-0.25, -0.2) is 0 Å². The predicted octanol–water partition coefficient (Wildman–Crippen LogP) is 3.87. The van der Waals surface area contributed by atoms with Crippen molar-refractivity contribution >= 4 is 28.0 Å². The standard InChI is InChI=1S/C16H15N3/c1-11-5-2-3-8-14(11)19-15-9-10-18-16-12(15)6-4-7-13(16)17/h2-10H,17H2,1H3,(H,18,19). The Hall–Kier alpha value is -2.55. The number of hydrogen-bond acceptors (Lipinski definition) is 3. The first-order chi connectivity index (χ1) is 9.25. The van der Waals surface area contributed by atoms with E-state index >= 15 is 0 Å². The Bertz CT molecular complexity index is 735. The molecular weight excluding hydrogens is 234 g/mol. The van der Waals surface area contributed by atoms with Crippen LogP contribution in [0.5, 0.6) is 0 Å². The lowest BCUT2D eigenvalue weighted by molar-refractivity contribution is 1.39. The van der Waals surface area contributed by atoms with Crippen LogP contribution in [-0.4, -0.2) is 4.98 Å². The van der Waals surface area contributed by atoms with Gasteiger partial charge < -0.3 is 11.1 Å². The van der Waals surface area contributed by atoms with Gasteiger partial charge in [-0.3, -0.25) is 4.98 Å². The van der Waals surface area contributed by atoms with Gasteiger partial charge in [0.15, 0.2) is 0 Å². The number of nitrogens with two attached hydrogens (primary N) is 1. The monoisotopic (exact) mass is 249 g/mol. The van der Waals surface area contributed by atoms with Crippen LogP contribution in [0, 0.1) is 6.92 Å². The second-order valence-electron chi connectivity index (χ2n) is 4.54. The molecule has 0 saturated heterocycles. The molecule has 0 amide bonds. The number of nitrogens with one attached hydrogen (secondary N) is 1. The lowest BCUT2D eigenvalue weighted by Gasteiger charge is -2.12. The molecule has 0 bridgehead atoms. The van der Waals surface area contributed by atoms with Crippen molar-refractivity contribution in [3.8, 4) is 0 Å². The molecule has 3 aromatic rings. The summed E-state index contributed by atoms with van der Waals surface area (Å²) >= 11 is 0. The maximum absolute atomic E-state index is 5.96. The van der Waals surface area contributed by atoms with Gasteiger partial charge in [-0.05, 0) is 30.7 Å². The number of hydrogen-bond donors (Lipinski definition) is 2. The SMILES string of the molecule is Cc1ccccc1Nc1ccnc2c(N)cccc12. The summed E-state index contributed by atoms with van der Waals surface area (Å²) in [5, 5.41) is 4.48. The molecule has 0 spiro atoms. The highest BCUT2D eigenvalue weighted by Gasteiger charge is 2.05. The second-order valence-corrected chi connectivity index (χ2v) is 4.54. The summed E-state index contributed by atoms with van der Waals surface area (Å²) in [6.45, 7) is 2.08. The number of rotatable bonds is 2. The van der Waals surface area contributed by atoms with E-state index in [9.17, 15) is 0 Å². The quantitative estimate of drug-likeness (QED) is 0.678. The van der Waals surface area contributed by atoms with Crippen molar-refractivity contribution in [2.45, 2.75) is 6.92 Å². The third-order valence-corrected chi connectivity index (χ3v) is 3.22. The molecule has 0 aliphatic carbocycles. The number of para-hydroxylation sites is 2. The minimum atomic E-state index is 0.700. The van der Waals surface area contributed by atoms with E-state index in [1.807, 2.05) is 36.4 Å². The molecule has 3 N–H and O–H groups in total. The molecule has 19 heavy (non-hydrogen) atoms. The summed E-state index contributed by atoms with van der Waals surface area (Å²) < 4.78 is 0. The molecule has 1 aromatic heterocycles. The van der Waals surface area contributed by atoms with Crippen LogP contribution in [0.4, 0.5) is 17.1 Å². The van der Waals surface area contributed by atoms with Crippen molar-refractivity contribution in [1.82, 2.24) is 4.98 Å². The lowest BCUT2D eigenvalue weighted by Crippen LogP contribution is -1.96. The van der Waals surface area contributed by atoms with Gasteiger partial charge in [0.2, 0.25) is 0 Å². The average Bonchev–Trinajstić information content (AvgIpc) is 2.42. The van der Waals surface area contributed by atoms with Crippen LogP contribution in [-0.2, 0) is 0 Å². The molecular formula is C16H15N3. The topological polar surface area (TPSA) is 50.9 Å². The Labute approximate surface area is 112 Å². The average molecular weight is 249 g/mol. The third-order valence-electron chi connectivity index (χ3n) is 3.22. The van der Waals surface area contributed by atoms with E-state index in [0.29, 0.717) is 5.69 Å². The number of aromatic nitrogens is 1. The smallest absolute Gasteiger partial charge is 0.0951 e. The Kier molecular flexibility index (Phi) is 2.80. The fraction of sp³-hybridized carbons (Fsp3) is 0.0625. The summed E-state index contributed by atoms with van der Waals surface area (Å²) in [5.74, 6) is 0. The highest BCUT2D eigenvalue weighted by molar-refractivity contribution is 5.98. The summed E-state index contributed by atoms with van der Waals surface area (Å²) in [6, 6.07) is 16.0. The van der Waals surface area contributed by atoms with E-state index in [1.54, 1.807) is 6.20 Å². The number of fused-ring (bicyclic) bond motifs is 1. The molecule has 0 saturated carbocycles. The van der Waals surface area contributed by atoms with Crippen molar-refractivity contribution < 1.29 is 0 Å². The van der Waals surface area contributed by atoms with Crippen molar-refractivity contribution in [2.75, 3.05) is 11.1 Å². The zero-order valence-corrected chi connectivity index (χ0v) is 10.7. The number of benzene rings is 2. The van der Waals surface area contributed by atoms with E-state index in [1.165, 1.54) is 5.56 Å². The number of nitrogen functional groups attached to an aromatic ring is 1. The van der Waals surface area contributed by atoms with E-state index in [2.05, 4.69) is 29.4 Å². The van der Waals surface area contributed by atoms with Gasteiger partial charge in [-0.15, -0.1) is 0 Å². The van der Waals surface area contributed by atoms with Crippen molar-refractivity contribution in [3.63, 3.8) is 0 Å². The van der Waals surface area contributed by atoms with Gasteiger partial charge in [0.05, 0.1) is 11.2 Å². The minimum absolute atomic E-state index is 0.700. The van der Waals surface area contributed by atoms with Gasteiger partial charge in [-0.2, -0.15) is 0 Å². The molecule has 94 valence electrons. The first kappa shape index (κ1) is 11.5. The van der Waals surface area contributed by atoms with Crippen LogP contribution in [0.25, 0.3) is 10.9 Å². The predicted molar refractivity (Wildman–Crippen MR) is 80.6 cm³/mol. The molecule has 0 atom stereocenters. The Morgan fingerprint density at radius 3 is 2.63 bits per heavy atom. The molecule has 1 heterocycles. The normalized spacial score (nSPS) is 10.6. The molecule has 3 nitrogen and oxygen atoms in total. The zero-order valence-electron chi connectivity index (χ0n) is 10.7. The van der Waals surface area contributed by atoms with E-state index in [4.69, 9.17) is 5.73 Å². The van der Waals surface area contributed by atoms with E-state index in [-0.39, 0.29) is 0 Å². The van der Waals surface area contributed by atoms with Crippen LogP contribution >= 0.6 is 0 Å². The summed E-state index contributed by atoms with van der Waals surface area (Å²) in [4.78, 5) is 4.34. The first-order valence-electron chi connectivity index (χ1n) is 6.21. The summed E-state index contributed by atoms with van der Waals surface area (Å²) in [7, 11) is 0. The van der Waals surface area contributed by atoms with Gasteiger partial charge in [0, 0.05) is 23.0 Å². The number of anilines is 3. The molecule has 0 aliphatic heterocycles. The third kappa shape index (κ3) is 2.10. The van der Waals surface area contributed by atoms with Crippen LogP contribution in [0.2, 0.25) is 0 Å². The molecule has 0 radical (unpaired) electrons. The van der Waals surface area contributed by atoms with Crippen LogP contribution in [0.3, 0.4) is 0 Å². The summed E-state index contributed by atoms with van der Waals surface area (Å²) in [5.41, 5.74) is 10.8. The van der Waals surface area contributed by atoms with E-state index in [0.717, 1.165) is 22.3 Å². The van der Waals surface area contributed by atoms with Crippen molar-refractivity contribution in [2.24, 2.45) is 0 Å². The second kappa shape index (κ2) is 4.61. The fourth-order valence-corrected chi connectivity index (χ4v) is 2.17. The molecule has 2 aromatic carbocycles. The van der Waals surface area contributed by atoms with Gasteiger partial charge >= 0.3 is 0 Å². The highest BCUT2D eigenvalue weighted by atomic mass is 14.9. The van der Waals surface area contributed by atoms with Crippen molar-refractivity contribution in [3.05, 3.63) is 60.3 Å². The van der Waals surface area contributed by atoms with Gasteiger partial charge in [-0.1, -0.05) is 30.3 Å². The van der Waals surface area contributed by atoms with Crippen LogP contribution in [0.15, 0.2) is 54.7 Å². The van der Waals surface area contributed by atoms with E-state index < -0.39 is 0 Å². The minimum Gasteiger partial charge on any atom is -0.397 e. The number of aryl methyl sites for hydroxylation is 1. The molecule has 0 fully saturated rings. The number of pyridine rings is 1.